The summed E-state index contributed by atoms with van der Waals surface area (Å²) in [7, 11) is 0. The van der Waals surface area contributed by atoms with E-state index in [9.17, 15) is 0 Å². The van der Waals surface area contributed by atoms with Gasteiger partial charge in [0.25, 0.3) is 0 Å². The van der Waals surface area contributed by atoms with Crippen LogP contribution in [-0.2, 0) is 0 Å². The zero-order chi connectivity index (χ0) is 10.6. The van der Waals surface area contributed by atoms with Crippen LogP contribution in [-0.4, -0.2) is 35.0 Å². The molecule has 0 radical (unpaired) electrons. The second-order valence-electron chi connectivity index (χ2n) is 4.43. The molecule has 1 aliphatic carbocycles. The normalized spacial score (nSPS) is 26.3. The number of nitrogens with one attached hydrogen (secondary N) is 1. The molecule has 1 heterocycles. The second kappa shape index (κ2) is 5.48. The van der Waals surface area contributed by atoms with Crippen molar-refractivity contribution in [3.63, 3.8) is 0 Å². The molecule has 1 spiro atoms. The highest BCUT2D eigenvalue weighted by Gasteiger charge is 2.39. The molecule has 1 saturated carbocycles. The van der Waals surface area contributed by atoms with Crippen molar-refractivity contribution < 1.29 is 0 Å². The van der Waals surface area contributed by atoms with Crippen LogP contribution in [0.3, 0.4) is 0 Å². The van der Waals surface area contributed by atoms with Gasteiger partial charge < -0.3 is 5.32 Å². The molecule has 0 aromatic carbocycles. The van der Waals surface area contributed by atoms with Crippen molar-refractivity contribution in [3.8, 4) is 0 Å². The van der Waals surface area contributed by atoms with E-state index in [0.29, 0.717) is 5.54 Å². The fourth-order valence-corrected chi connectivity index (χ4v) is 3.96. The first kappa shape index (κ1) is 11.6. The van der Waals surface area contributed by atoms with Crippen LogP contribution < -0.4 is 5.32 Å². The van der Waals surface area contributed by atoms with Gasteiger partial charge in [-0.25, -0.2) is 0 Å². The van der Waals surface area contributed by atoms with E-state index in [1.165, 1.54) is 48.8 Å². The highest BCUT2D eigenvalue weighted by atomic mass is 32.2. The Balaban J connectivity index is 1.76. The zero-order valence-electron chi connectivity index (χ0n) is 9.42. The van der Waals surface area contributed by atoms with Crippen LogP contribution in [0.15, 0.2) is 4.99 Å². The molecule has 0 aromatic heterocycles. The van der Waals surface area contributed by atoms with Crippen molar-refractivity contribution in [1.82, 2.24) is 5.32 Å². The summed E-state index contributed by atoms with van der Waals surface area (Å²) in [4.78, 5) is 4.63. The first-order valence-electron chi connectivity index (χ1n) is 5.79. The second-order valence-corrected chi connectivity index (χ2v) is 6.38. The van der Waals surface area contributed by atoms with Crippen molar-refractivity contribution >= 4 is 28.7 Å². The van der Waals surface area contributed by atoms with E-state index in [-0.39, 0.29) is 0 Å². The zero-order valence-corrected chi connectivity index (χ0v) is 11.1. The Bertz CT molecular complexity index is 235. The Morgan fingerprint density at radius 1 is 1.47 bits per heavy atom. The molecule has 1 aliphatic heterocycles. The molecule has 0 atom stereocenters. The predicted molar refractivity (Wildman–Crippen MR) is 72.1 cm³/mol. The molecular weight excluding hydrogens is 224 g/mol. The summed E-state index contributed by atoms with van der Waals surface area (Å²) in [6.45, 7) is 0.992. The molecule has 86 valence electrons. The van der Waals surface area contributed by atoms with Crippen LogP contribution in [0.2, 0.25) is 0 Å². The molecule has 0 amide bonds. The third-order valence-electron chi connectivity index (χ3n) is 3.18. The highest BCUT2D eigenvalue weighted by Crippen LogP contribution is 2.37. The van der Waals surface area contributed by atoms with Crippen molar-refractivity contribution in [2.45, 2.75) is 37.6 Å². The van der Waals surface area contributed by atoms with Crippen molar-refractivity contribution in [1.29, 1.82) is 0 Å². The number of aliphatic imine (C=N–C) groups is 1. The number of amidine groups is 1. The average molecular weight is 244 g/mol. The Morgan fingerprint density at radius 3 is 3.00 bits per heavy atom. The summed E-state index contributed by atoms with van der Waals surface area (Å²) in [5, 5.41) is 4.86. The van der Waals surface area contributed by atoms with Crippen LogP contribution in [0.5, 0.6) is 0 Å². The highest BCUT2D eigenvalue weighted by molar-refractivity contribution is 8.14. The lowest BCUT2D eigenvalue weighted by molar-refractivity contribution is 0.452. The molecule has 0 bridgehead atoms. The van der Waals surface area contributed by atoms with Gasteiger partial charge in [-0.3, -0.25) is 4.99 Å². The molecule has 0 aromatic rings. The van der Waals surface area contributed by atoms with E-state index in [2.05, 4.69) is 16.6 Å². The first-order valence-corrected chi connectivity index (χ1v) is 8.17. The van der Waals surface area contributed by atoms with Crippen LogP contribution in [0.4, 0.5) is 0 Å². The Labute approximate surface area is 101 Å². The van der Waals surface area contributed by atoms with Crippen molar-refractivity contribution in [2.24, 2.45) is 4.99 Å². The molecule has 4 heteroatoms. The van der Waals surface area contributed by atoms with Gasteiger partial charge in [0.2, 0.25) is 0 Å². The van der Waals surface area contributed by atoms with Gasteiger partial charge >= 0.3 is 0 Å². The van der Waals surface area contributed by atoms with Crippen LogP contribution >= 0.6 is 23.5 Å². The largest absolute Gasteiger partial charge is 0.359 e. The lowest BCUT2D eigenvalue weighted by Crippen LogP contribution is -2.40. The minimum Gasteiger partial charge on any atom is -0.359 e. The van der Waals surface area contributed by atoms with Crippen LogP contribution in [0.25, 0.3) is 0 Å². The van der Waals surface area contributed by atoms with Gasteiger partial charge in [0.15, 0.2) is 5.17 Å². The summed E-state index contributed by atoms with van der Waals surface area (Å²) in [5.41, 5.74) is 0.434. The molecule has 0 unspecified atom stereocenters. The van der Waals surface area contributed by atoms with Crippen molar-refractivity contribution in [3.05, 3.63) is 0 Å². The smallest absolute Gasteiger partial charge is 0.157 e. The fourth-order valence-electron chi connectivity index (χ4n) is 2.30. The SMILES string of the molecule is CSCCCN=C1NC2(CCCC2)CS1. The van der Waals surface area contributed by atoms with E-state index in [1.807, 2.05) is 23.5 Å². The van der Waals surface area contributed by atoms with Crippen molar-refractivity contribution in [2.75, 3.05) is 24.3 Å². The average Bonchev–Trinajstić information content (AvgIpc) is 2.85. The quantitative estimate of drug-likeness (QED) is 0.770. The predicted octanol–water partition coefficient (Wildman–Crippen LogP) is 2.74. The van der Waals surface area contributed by atoms with Gasteiger partial charge in [-0.1, -0.05) is 24.6 Å². The minimum atomic E-state index is 0.434. The van der Waals surface area contributed by atoms with Crippen LogP contribution in [0.1, 0.15) is 32.1 Å². The number of rotatable bonds is 4. The van der Waals surface area contributed by atoms with E-state index < -0.39 is 0 Å². The van der Waals surface area contributed by atoms with Gasteiger partial charge in [0.05, 0.1) is 0 Å². The lowest BCUT2D eigenvalue weighted by atomic mass is 10.0. The molecule has 1 saturated heterocycles. The maximum atomic E-state index is 4.63. The number of nitrogens with zero attached hydrogens (tertiary/aromatic N) is 1. The first-order chi connectivity index (χ1) is 7.35. The monoisotopic (exact) mass is 244 g/mol. The summed E-state index contributed by atoms with van der Waals surface area (Å²) >= 11 is 3.84. The topological polar surface area (TPSA) is 24.4 Å². The summed E-state index contributed by atoms with van der Waals surface area (Å²) < 4.78 is 0. The molecule has 1 N–H and O–H groups in total. The summed E-state index contributed by atoms with van der Waals surface area (Å²) in [6, 6.07) is 0. The van der Waals surface area contributed by atoms with Gasteiger partial charge in [0, 0.05) is 17.8 Å². The Kier molecular flexibility index (Phi) is 4.26. The van der Waals surface area contributed by atoms with E-state index in [1.54, 1.807) is 0 Å². The maximum Gasteiger partial charge on any atom is 0.157 e. The number of thioether (sulfide) groups is 2. The van der Waals surface area contributed by atoms with Crippen LogP contribution in [0, 0.1) is 0 Å². The lowest BCUT2D eigenvalue weighted by Gasteiger charge is -2.21. The number of hydrogen-bond donors (Lipinski definition) is 1. The molecule has 2 rings (SSSR count). The van der Waals surface area contributed by atoms with Gasteiger partial charge in [-0.15, -0.1) is 0 Å². The Hall–Kier alpha value is 0.170. The molecule has 2 aliphatic rings. The molecule has 15 heavy (non-hydrogen) atoms. The maximum absolute atomic E-state index is 4.63. The van der Waals surface area contributed by atoms with Gasteiger partial charge in [0.1, 0.15) is 0 Å². The third-order valence-corrected chi connectivity index (χ3v) is 5.08. The molecular formula is C11H20N2S2. The van der Waals surface area contributed by atoms with E-state index in [4.69, 9.17) is 0 Å². The summed E-state index contributed by atoms with van der Waals surface area (Å²) in [6.07, 6.45) is 8.86. The van der Waals surface area contributed by atoms with E-state index >= 15 is 0 Å². The minimum absolute atomic E-state index is 0.434. The van der Waals surface area contributed by atoms with Gasteiger partial charge in [-0.2, -0.15) is 11.8 Å². The fraction of sp³-hybridized carbons (Fsp3) is 0.909. The molecule has 2 nitrogen and oxygen atoms in total. The van der Waals surface area contributed by atoms with E-state index in [0.717, 1.165) is 6.54 Å². The Morgan fingerprint density at radius 2 is 2.27 bits per heavy atom. The van der Waals surface area contributed by atoms with Gasteiger partial charge in [-0.05, 0) is 31.3 Å². The summed E-state index contributed by atoms with van der Waals surface area (Å²) in [5.74, 6) is 2.47. The third kappa shape index (κ3) is 3.06. The standard InChI is InChI=1S/C11H20N2S2/c1-14-8-4-7-12-10-13-11(9-15-10)5-2-3-6-11/h2-9H2,1H3,(H,12,13). The molecule has 2 fully saturated rings. The number of hydrogen-bond acceptors (Lipinski definition) is 3.